The van der Waals surface area contributed by atoms with E-state index in [0.717, 1.165) is 17.4 Å². The first-order valence-corrected chi connectivity index (χ1v) is 5.70. The zero-order chi connectivity index (χ0) is 11.7. The smallest absolute Gasteiger partial charge is 0.150 e. The molecule has 1 aromatic heterocycles. The summed E-state index contributed by atoms with van der Waals surface area (Å²) in [7, 11) is 0. The second-order valence-electron chi connectivity index (χ2n) is 3.45. The molecule has 0 radical (unpaired) electrons. The van der Waals surface area contributed by atoms with E-state index in [1.165, 1.54) is 6.07 Å². The van der Waals surface area contributed by atoms with Gasteiger partial charge >= 0.3 is 0 Å². The third kappa shape index (κ3) is 1.88. The minimum Gasteiger partial charge on any atom is -0.308 e. The summed E-state index contributed by atoms with van der Waals surface area (Å²) in [4.78, 5) is 4.17. The summed E-state index contributed by atoms with van der Waals surface area (Å²) < 4.78 is 14.3. The molecule has 3 N–H and O–H groups in total. The van der Waals surface area contributed by atoms with Crippen molar-refractivity contribution in [2.24, 2.45) is 5.84 Å². The number of anilines is 1. The molecule has 0 bridgehead atoms. The van der Waals surface area contributed by atoms with E-state index >= 15 is 0 Å². The highest BCUT2D eigenvalue weighted by atomic mass is 79.9. The van der Waals surface area contributed by atoms with Crippen LogP contribution in [0.2, 0.25) is 0 Å². The fourth-order valence-corrected chi connectivity index (χ4v) is 2.10. The van der Waals surface area contributed by atoms with Crippen molar-refractivity contribution in [2.75, 3.05) is 5.43 Å². The molecule has 0 aliphatic carbocycles. The highest BCUT2D eigenvalue weighted by Crippen LogP contribution is 2.26. The van der Waals surface area contributed by atoms with Gasteiger partial charge in [-0.3, -0.25) is 0 Å². The number of hydrogen-bond donors (Lipinski definition) is 2. The lowest BCUT2D eigenvalue weighted by Crippen LogP contribution is -2.11. The summed E-state index contributed by atoms with van der Waals surface area (Å²) >= 11 is 3.26. The summed E-state index contributed by atoms with van der Waals surface area (Å²) in [6, 6.07) is 5.12. The summed E-state index contributed by atoms with van der Waals surface area (Å²) in [5, 5.41) is 0.766. The highest BCUT2D eigenvalue weighted by molar-refractivity contribution is 9.10. The summed E-state index contributed by atoms with van der Waals surface area (Å²) in [6.45, 7) is 2.00. The fraction of sp³-hybridized carbons (Fsp3) is 0.182. The lowest BCUT2D eigenvalue weighted by Gasteiger charge is -2.09. The number of aromatic nitrogens is 1. The number of rotatable bonds is 2. The molecule has 0 atom stereocenters. The first-order valence-electron chi connectivity index (χ1n) is 4.91. The fourth-order valence-electron chi connectivity index (χ4n) is 1.65. The number of nitrogens with two attached hydrogens (primary N) is 1. The van der Waals surface area contributed by atoms with Crippen molar-refractivity contribution in [1.29, 1.82) is 0 Å². The van der Waals surface area contributed by atoms with Crippen molar-refractivity contribution in [3.05, 3.63) is 34.1 Å². The van der Waals surface area contributed by atoms with E-state index in [1.54, 1.807) is 0 Å². The summed E-state index contributed by atoms with van der Waals surface area (Å²) in [6.07, 6.45) is 0.788. The number of hydrazine groups is 1. The number of benzene rings is 1. The molecule has 0 aliphatic rings. The highest BCUT2D eigenvalue weighted by Gasteiger charge is 2.09. The van der Waals surface area contributed by atoms with E-state index in [-0.39, 0.29) is 5.82 Å². The van der Waals surface area contributed by atoms with Crippen molar-refractivity contribution in [3.8, 4) is 0 Å². The van der Waals surface area contributed by atoms with Crippen molar-refractivity contribution < 1.29 is 4.39 Å². The van der Waals surface area contributed by atoms with Crippen LogP contribution >= 0.6 is 15.9 Å². The molecular weight excluding hydrogens is 273 g/mol. The maximum absolute atomic E-state index is 13.6. The van der Waals surface area contributed by atoms with Gasteiger partial charge < -0.3 is 5.43 Å². The minimum atomic E-state index is -0.358. The van der Waals surface area contributed by atoms with Gasteiger partial charge in [0.25, 0.3) is 0 Å². The molecule has 0 spiro atoms. The van der Waals surface area contributed by atoms with Crippen molar-refractivity contribution in [3.63, 3.8) is 0 Å². The number of halogens is 2. The van der Waals surface area contributed by atoms with Gasteiger partial charge in [-0.2, -0.15) is 0 Å². The van der Waals surface area contributed by atoms with Crippen LogP contribution in [-0.2, 0) is 6.42 Å². The Balaban J connectivity index is 2.78. The predicted molar refractivity (Wildman–Crippen MR) is 66.6 cm³/mol. The van der Waals surface area contributed by atoms with Gasteiger partial charge in [-0.05, 0) is 30.2 Å². The van der Waals surface area contributed by atoms with E-state index in [1.807, 2.05) is 19.1 Å². The van der Waals surface area contributed by atoms with Crippen LogP contribution in [0, 0.1) is 5.82 Å². The molecule has 2 aromatic rings. The number of aryl methyl sites for hydroxylation is 1. The van der Waals surface area contributed by atoms with Crippen molar-refractivity contribution in [1.82, 2.24) is 4.98 Å². The number of nitrogen functional groups attached to an aromatic ring is 1. The van der Waals surface area contributed by atoms with E-state index < -0.39 is 0 Å². The van der Waals surface area contributed by atoms with Gasteiger partial charge in [0.05, 0.1) is 0 Å². The molecule has 0 fully saturated rings. The predicted octanol–water partition coefficient (Wildman–Crippen LogP) is 2.98. The van der Waals surface area contributed by atoms with Gasteiger partial charge in [0.2, 0.25) is 0 Å². The third-order valence-corrected chi connectivity index (χ3v) is 2.89. The molecule has 0 aliphatic heterocycles. The second-order valence-corrected chi connectivity index (χ2v) is 4.37. The van der Waals surface area contributed by atoms with E-state index in [0.29, 0.717) is 15.8 Å². The van der Waals surface area contributed by atoms with Gasteiger partial charge in [0.15, 0.2) is 5.82 Å². The number of hydrogen-bond acceptors (Lipinski definition) is 3. The molecule has 16 heavy (non-hydrogen) atoms. The van der Waals surface area contributed by atoms with Crippen LogP contribution in [0.25, 0.3) is 10.9 Å². The normalized spacial score (nSPS) is 10.8. The molecular formula is C11H11BrFN3. The Bertz CT molecular complexity index is 542. The average molecular weight is 284 g/mol. The van der Waals surface area contributed by atoms with E-state index in [4.69, 9.17) is 5.84 Å². The monoisotopic (exact) mass is 283 g/mol. The van der Waals surface area contributed by atoms with Crippen LogP contribution in [0.1, 0.15) is 12.5 Å². The Labute approximate surface area is 101 Å². The van der Waals surface area contributed by atoms with Gasteiger partial charge in [-0.25, -0.2) is 15.2 Å². The number of nitrogens with zero attached hydrogens (tertiary/aromatic N) is 1. The molecule has 0 saturated heterocycles. The summed E-state index contributed by atoms with van der Waals surface area (Å²) in [5.74, 6) is 5.52. The topological polar surface area (TPSA) is 50.9 Å². The van der Waals surface area contributed by atoms with Crippen LogP contribution in [0.3, 0.4) is 0 Å². The Morgan fingerprint density at radius 1 is 1.44 bits per heavy atom. The van der Waals surface area contributed by atoms with Crippen LogP contribution < -0.4 is 11.3 Å². The zero-order valence-corrected chi connectivity index (χ0v) is 10.3. The molecule has 0 amide bonds. The first kappa shape index (κ1) is 11.3. The maximum Gasteiger partial charge on any atom is 0.150 e. The second kappa shape index (κ2) is 4.35. The zero-order valence-electron chi connectivity index (χ0n) is 8.72. The molecule has 5 heteroatoms. The quantitative estimate of drug-likeness (QED) is 0.658. The first-order chi connectivity index (χ1) is 7.65. The largest absolute Gasteiger partial charge is 0.308 e. The van der Waals surface area contributed by atoms with Crippen LogP contribution in [-0.4, -0.2) is 4.98 Å². The van der Waals surface area contributed by atoms with Crippen LogP contribution in [0.5, 0.6) is 0 Å². The molecule has 1 aromatic carbocycles. The van der Waals surface area contributed by atoms with E-state index in [9.17, 15) is 4.39 Å². The summed E-state index contributed by atoms with van der Waals surface area (Å²) in [5.41, 5.74) is 3.78. The average Bonchev–Trinajstić information content (AvgIpc) is 2.27. The Morgan fingerprint density at radius 2 is 2.19 bits per heavy atom. The molecule has 0 saturated carbocycles. The lowest BCUT2D eigenvalue weighted by atomic mass is 10.1. The Kier molecular flexibility index (Phi) is 3.07. The molecule has 84 valence electrons. The van der Waals surface area contributed by atoms with Gasteiger partial charge in [-0.15, -0.1) is 0 Å². The SMILES string of the molecule is CCc1cc2cc(Br)cc(F)c2nc1NN. The standard InChI is InChI=1S/C11H11BrFN3/c1-2-6-3-7-4-8(12)5-9(13)10(7)15-11(6)16-14/h3-5H,2,14H2,1H3,(H,15,16). The van der Waals surface area contributed by atoms with Crippen LogP contribution in [0.4, 0.5) is 10.2 Å². The molecule has 3 nitrogen and oxygen atoms in total. The third-order valence-electron chi connectivity index (χ3n) is 2.43. The number of pyridine rings is 1. The number of nitrogens with one attached hydrogen (secondary N) is 1. The van der Waals surface area contributed by atoms with Crippen molar-refractivity contribution >= 4 is 32.7 Å². The van der Waals surface area contributed by atoms with Gasteiger partial charge in [-0.1, -0.05) is 22.9 Å². The van der Waals surface area contributed by atoms with Crippen LogP contribution in [0.15, 0.2) is 22.7 Å². The molecule has 2 rings (SSSR count). The van der Waals surface area contributed by atoms with E-state index in [2.05, 4.69) is 26.3 Å². The lowest BCUT2D eigenvalue weighted by molar-refractivity contribution is 0.636. The van der Waals surface area contributed by atoms with Gasteiger partial charge in [0, 0.05) is 9.86 Å². The molecule has 1 heterocycles. The number of fused-ring (bicyclic) bond motifs is 1. The maximum atomic E-state index is 13.6. The van der Waals surface area contributed by atoms with Gasteiger partial charge in [0.1, 0.15) is 11.3 Å². The Morgan fingerprint density at radius 3 is 2.81 bits per heavy atom. The van der Waals surface area contributed by atoms with Crippen molar-refractivity contribution in [2.45, 2.75) is 13.3 Å². The Hall–Kier alpha value is -1.20. The molecule has 0 unspecified atom stereocenters. The minimum absolute atomic E-state index is 0.327.